The predicted molar refractivity (Wildman–Crippen MR) is 157 cm³/mol. The van der Waals surface area contributed by atoms with Crippen LogP contribution in [-0.4, -0.2) is 79.2 Å². The van der Waals surface area contributed by atoms with Crippen molar-refractivity contribution in [3.63, 3.8) is 0 Å². The van der Waals surface area contributed by atoms with Crippen LogP contribution in [0.3, 0.4) is 0 Å². The summed E-state index contributed by atoms with van der Waals surface area (Å²) in [6.45, 7) is 3.09. The molecule has 216 valence electrons. The molecule has 12 heteroatoms. The lowest BCUT2D eigenvalue weighted by molar-refractivity contribution is 0.0904. The summed E-state index contributed by atoms with van der Waals surface area (Å²) in [5, 5.41) is 9.35. The monoisotopic (exact) mass is 564 g/mol. The van der Waals surface area contributed by atoms with Crippen molar-refractivity contribution in [1.29, 1.82) is 0 Å². The van der Waals surface area contributed by atoms with Crippen LogP contribution < -0.4 is 20.9 Å². The van der Waals surface area contributed by atoms with Gasteiger partial charge in [-0.05, 0) is 57.3 Å². The maximum Gasteiger partial charge on any atom is 0.257 e. The lowest BCUT2D eigenvalue weighted by atomic mass is 10.1. The minimum absolute atomic E-state index is 0.129. The number of nitrogens with zero attached hydrogens (tertiary/aromatic N) is 4. The Kier molecular flexibility index (Phi) is 8.60. The molecular formula is C29H34F2N8O2. The molecule has 4 N–H and O–H groups in total. The number of nitrogens with one attached hydrogen (secondary N) is 4. The van der Waals surface area contributed by atoms with E-state index in [1.54, 1.807) is 6.20 Å². The van der Waals surface area contributed by atoms with E-state index in [2.05, 4.69) is 40.7 Å². The first-order chi connectivity index (χ1) is 19.7. The zero-order valence-corrected chi connectivity index (χ0v) is 23.3. The summed E-state index contributed by atoms with van der Waals surface area (Å²) in [5.74, 6) is -1.61. The Morgan fingerprint density at radius 3 is 2.54 bits per heavy atom. The summed E-state index contributed by atoms with van der Waals surface area (Å²) in [4.78, 5) is 29.6. The van der Waals surface area contributed by atoms with Gasteiger partial charge in [-0.2, -0.15) is 0 Å². The van der Waals surface area contributed by atoms with Crippen LogP contribution in [0.1, 0.15) is 23.2 Å². The Morgan fingerprint density at radius 2 is 1.80 bits per heavy atom. The van der Waals surface area contributed by atoms with E-state index < -0.39 is 11.6 Å². The van der Waals surface area contributed by atoms with Gasteiger partial charge in [-0.1, -0.05) is 0 Å². The molecule has 1 saturated heterocycles. The van der Waals surface area contributed by atoms with Gasteiger partial charge in [0.1, 0.15) is 17.2 Å². The highest BCUT2D eigenvalue weighted by Crippen LogP contribution is 2.29. The molecule has 2 aromatic carbocycles. The summed E-state index contributed by atoms with van der Waals surface area (Å²) < 4.78 is 32.8. The van der Waals surface area contributed by atoms with E-state index in [0.717, 1.165) is 55.5 Å². The summed E-state index contributed by atoms with van der Waals surface area (Å²) in [6, 6.07) is 9.05. The molecule has 0 unspecified atom stereocenters. The maximum absolute atomic E-state index is 13.6. The average Bonchev–Trinajstić information content (AvgIpc) is 3.33. The van der Waals surface area contributed by atoms with Gasteiger partial charge in [-0.15, -0.1) is 0 Å². The molecule has 1 aliphatic heterocycles. The number of carbonyl (C=O) groups is 1. The van der Waals surface area contributed by atoms with E-state index in [1.165, 1.54) is 6.20 Å². The summed E-state index contributed by atoms with van der Waals surface area (Å²) in [6.07, 6.45) is 4.88. The molecule has 0 radical (unpaired) electrons. The molecular weight excluding hydrogens is 530 g/mol. The fourth-order valence-corrected chi connectivity index (χ4v) is 4.64. The largest absolute Gasteiger partial charge is 0.381 e. The Morgan fingerprint density at radius 1 is 1.05 bits per heavy atom. The van der Waals surface area contributed by atoms with Crippen molar-refractivity contribution < 1.29 is 18.3 Å². The predicted octanol–water partition coefficient (Wildman–Crippen LogP) is 4.82. The second-order valence-corrected chi connectivity index (χ2v) is 10.4. The Hall–Kier alpha value is -4.29. The van der Waals surface area contributed by atoms with Crippen LogP contribution in [0.4, 0.5) is 37.5 Å². The van der Waals surface area contributed by atoms with Crippen molar-refractivity contribution in [2.24, 2.45) is 0 Å². The summed E-state index contributed by atoms with van der Waals surface area (Å²) >= 11 is 0. The third kappa shape index (κ3) is 7.08. The van der Waals surface area contributed by atoms with Crippen molar-refractivity contribution in [2.45, 2.75) is 18.9 Å². The standard InChI is InChI=1S/C29H34F2N8O2/c1-38(2)8-9-39(3)22-4-5-23(24(15-22)34-20-6-10-41-11-7-20)28(40)36-26-17-32-25-16-33-29(37-27(25)26)35-21-13-18(30)12-19(31)14-21/h4-5,12-17,20,32,34H,6-11H2,1-3H3,(H,36,40)(H,33,35,37). The smallest absolute Gasteiger partial charge is 0.257 e. The Bertz CT molecular complexity index is 1500. The number of H-pyrrole nitrogens is 1. The highest BCUT2D eigenvalue weighted by atomic mass is 19.1. The van der Waals surface area contributed by atoms with Crippen LogP contribution in [0.5, 0.6) is 0 Å². The lowest BCUT2D eigenvalue weighted by Crippen LogP contribution is -2.30. The SMILES string of the molecule is CN(C)CCN(C)c1ccc(C(=O)Nc2c[nH]c3cnc(Nc4cc(F)cc(F)c4)nc23)c(NC2CCOCC2)c1. The number of halogens is 2. The van der Waals surface area contributed by atoms with Gasteiger partial charge in [-0.25, -0.2) is 18.7 Å². The van der Waals surface area contributed by atoms with Gasteiger partial charge in [0.05, 0.1) is 23.0 Å². The Balaban J connectivity index is 1.39. The zero-order valence-electron chi connectivity index (χ0n) is 23.3. The zero-order chi connectivity index (χ0) is 28.9. The molecule has 0 aliphatic carbocycles. The van der Waals surface area contributed by atoms with E-state index in [4.69, 9.17) is 4.74 Å². The number of aromatic nitrogens is 3. The molecule has 41 heavy (non-hydrogen) atoms. The number of carbonyl (C=O) groups excluding carboxylic acids is 1. The first-order valence-electron chi connectivity index (χ1n) is 13.5. The van der Waals surface area contributed by atoms with Crippen LogP contribution >= 0.6 is 0 Å². The third-order valence-electron chi connectivity index (χ3n) is 6.93. The number of fused-ring (bicyclic) bond motifs is 1. The fourth-order valence-electron chi connectivity index (χ4n) is 4.64. The summed E-state index contributed by atoms with van der Waals surface area (Å²) in [5.41, 5.74) is 3.91. The summed E-state index contributed by atoms with van der Waals surface area (Å²) in [7, 11) is 6.11. The number of anilines is 5. The molecule has 3 heterocycles. The molecule has 1 fully saturated rings. The molecule has 1 amide bonds. The van der Waals surface area contributed by atoms with E-state index in [1.807, 2.05) is 39.3 Å². The van der Waals surface area contributed by atoms with Crippen molar-refractivity contribution >= 4 is 45.6 Å². The molecule has 0 atom stereocenters. The van der Waals surface area contributed by atoms with E-state index in [0.29, 0.717) is 35.5 Å². The molecule has 2 aromatic heterocycles. The van der Waals surface area contributed by atoms with Crippen LogP contribution in [-0.2, 0) is 4.74 Å². The molecule has 5 rings (SSSR count). The van der Waals surface area contributed by atoms with Crippen molar-refractivity contribution in [1.82, 2.24) is 19.9 Å². The first-order valence-corrected chi connectivity index (χ1v) is 13.5. The van der Waals surface area contributed by atoms with Crippen molar-refractivity contribution in [3.8, 4) is 0 Å². The normalized spacial score (nSPS) is 13.9. The average molecular weight is 565 g/mol. The molecule has 10 nitrogen and oxygen atoms in total. The molecule has 0 spiro atoms. The number of ether oxygens (including phenoxy) is 1. The third-order valence-corrected chi connectivity index (χ3v) is 6.93. The Labute approximate surface area is 237 Å². The van der Waals surface area contributed by atoms with Gasteiger partial charge < -0.3 is 35.5 Å². The van der Waals surface area contributed by atoms with Crippen molar-refractivity contribution in [2.75, 3.05) is 68.3 Å². The van der Waals surface area contributed by atoms with Crippen LogP contribution in [0.15, 0.2) is 48.8 Å². The van der Waals surface area contributed by atoms with E-state index >= 15 is 0 Å². The molecule has 4 aromatic rings. The molecule has 1 aliphatic rings. The first kappa shape index (κ1) is 28.2. The van der Waals surface area contributed by atoms with Crippen LogP contribution in [0.25, 0.3) is 11.0 Å². The van der Waals surface area contributed by atoms with Crippen LogP contribution in [0, 0.1) is 11.6 Å². The molecule has 0 bridgehead atoms. The quantitative estimate of drug-likeness (QED) is 0.217. The second-order valence-electron chi connectivity index (χ2n) is 10.4. The maximum atomic E-state index is 13.6. The fraction of sp³-hybridized carbons (Fsp3) is 0.345. The molecule has 0 saturated carbocycles. The van der Waals surface area contributed by atoms with Gasteiger partial charge in [0.25, 0.3) is 5.91 Å². The highest BCUT2D eigenvalue weighted by molar-refractivity contribution is 6.11. The van der Waals surface area contributed by atoms with Crippen molar-refractivity contribution in [3.05, 3.63) is 66.0 Å². The van der Waals surface area contributed by atoms with Gasteiger partial charge >= 0.3 is 0 Å². The minimum atomic E-state index is -0.719. The van der Waals surface area contributed by atoms with Crippen LogP contribution in [0.2, 0.25) is 0 Å². The second kappa shape index (κ2) is 12.5. The number of hydrogen-bond acceptors (Lipinski definition) is 8. The van der Waals surface area contributed by atoms with E-state index in [-0.39, 0.29) is 23.6 Å². The number of amides is 1. The highest BCUT2D eigenvalue weighted by Gasteiger charge is 2.20. The van der Waals surface area contributed by atoms with Gasteiger partial charge in [0, 0.05) is 68.7 Å². The number of aromatic amines is 1. The minimum Gasteiger partial charge on any atom is -0.381 e. The van der Waals surface area contributed by atoms with E-state index in [9.17, 15) is 13.6 Å². The number of likely N-dealkylation sites (N-methyl/N-ethyl adjacent to an activating group) is 2. The lowest BCUT2D eigenvalue weighted by Gasteiger charge is -2.27. The number of benzene rings is 2. The topological polar surface area (TPSA) is 110 Å². The van der Waals surface area contributed by atoms with Gasteiger partial charge in [0.2, 0.25) is 5.95 Å². The number of hydrogen-bond donors (Lipinski definition) is 4. The number of rotatable bonds is 10. The van der Waals surface area contributed by atoms with Gasteiger partial charge in [0.15, 0.2) is 0 Å². The van der Waals surface area contributed by atoms with Gasteiger partial charge in [-0.3, -0.25) is 4.79 Å².